The van der Waals surface area contributed by atoms with Crippen molar-refractivity contribution in [3.05, 3.63) is 23.5 Å². The van der Waals surface area contributed by atoms with Crippen LogP contribution in [-0.4, -0.2) is 32.9 Å². The first-order chi connectivity index (χ1) is 8.63. The zero-order valence-corrected chi connectivity index (χ0v) is 9.89. The molecule has 1 heterocycles. The lowest BCUT2D eigenvalue weighted by molar-refractivity contribution is -0.136. The van der Waals surface area contributed by atoms with E-state index < -0.39 is 5.97 Å². The molecule has 1 aromatic rings. The first-order valence-electron chi connectivity index (χ1n) is 5.64. The Labute approximate surface area is 105 Å². The van der Waals surface area contributed by atoms with Crippen LogP contribution in [0.15, 0.2) is 12.1 Å². The van der Waals surface area contributed by atoms with E-state index in [-0.39, 0.29) is 25.2 Å². The van der Waals surface area contributed by atoms with Gasteiger partial charge in [-0.3, -0.25) is 4.79 Å². The van der Waals surface area contributed by atoms with Gasteiger partial charge in [0.25, 0.3) is 0 Å². The van der Waals surface area contributed by atoms with E-state index in [9.17, 15) is 9.90 Å². The van der Waals surface area contributed by atoms with Crippen molar-refractivity contribution in [2.45, 2.75) is 25.7 Å². The second-order valence-corrected chi connectivity index (χ2v) is 3.68. The van der Waals surface area contributed by atoms with Crippen molar-refractivity contribution in [2.24, 2.45) is 0 Å². The molecule has 0 aliphatic carbocycles. The maximum absolute atomic E-state index is 10.5. The van der Waals surface area contributed by atoms with E-state index >= 15 is 0 Å². The number of hydrogen-bond donors (Lipinski definition) is 3. The Balaban J connectivity index is 2.72. The summed E-state index contributed by atoms with van der Waals surface area (Å²) in [5.41, 5.74) is 0.831. The highest BCUT2D eigenvalue weighted by molar-refractivity contribution is 5.67. The molecule has 0 unspecified atom stereocenters. The number of pyridine rings is 1. The Bertz CT molecular complexity index is 474. The molecule has 1 aromatic heterocycles. The SMILES string of the molecule is O=C(O)CCc1nc(C#CCCCO)ccc1O. The summed E-state index contributed by atoms with van der Waals surface area (Å²) in [6.07, 6.45) is 1.27. The molecule has 3 N–H and O–H groups in total. The summed E-state index contributed by atoms with van der Waals surface area (Å²) in [6, 6.07) is 3.03. The zero-order chi connectivity index (χ0) is 13.4. The number of rotatable bonds is 5. The van der Waals surface area contributed by atoms with Crippen molar-refractivity contribution in [1.29, 1.82) is 0 Å². The van der Waals surface area contributed by atoms with E-state index in [0.29, 0.717) is 24.2 Å². The van der Waals surface area contributed by atoms with E-state index in [1.54, 1.807) is 6.07 Å². The van der Waals surface area contributed by atoms with E-state index in [4.69, 9.17) is 10.2 Å². The number of carboxylic acids is 1. The van der Waals surface area contributed by atoms with Gasteiger partial charge in [0.1, 0.15) is 11.4 Å². The smallest absolute Gasteiger partial charge is 0.303 e. The Morgan fingerprint density at radius 2 is 2.17 bits per heavy atom. The average molecular weight is 249 g/mol. The molecule has 0 spiro atoms. The third-order valence-electron chi connectivity index (χ3n) is 2.20. The molecular formula is C13H15NO4. The number of nitrogens with zero attached hydrogens (tertiary/aromatic N) is 1. The van der Waals surface area contributed by atoms with Crippen LogP contribution in [0.5, 0.6) is 5.75 Å². The molecule has 0 aliphatic rings. The molecule has 0 aliphatic heterocycles. The number of aliphatic carboxylic acids is 1. The molecule has 96 valence electrons. The van der Waals surface area contributed by atoms with Gasteiger partial charge in [-0.25, -0.2) is 4.98 Å². The Morgan fingerprint density at radius 3 is 2.83 bits per heavy atom. The fraction of sp³-hybridized carbons (Fsp3) is 0.385. The van der Waals surface area contributed by atoms with Gasteiger partial charge in [0.05, 0.1) is 12.1 Å². The topological polar surface area (TPSA) is 90.7 Å². The molecule has 0 bridgehead atoms. The third kappa shape index (κ3) is 4.85. The standard InChI is InChI=1S/C13H15NO4/c15-9-3-1-2-4-10-5-7-12(16)11(14-10)6-8-13(17)18/h5,7,15-16H,1,3,6,8-9H2,(H,17,18). The monoisotopic (exact) mass is 249 g/mol. The maximum Gasteiger partial charge on any atom is 0.303 e. The number of hydrogen-bond acceptors (Lipinski definition) is 4. The lowest BCUT2D eigenvalue weighted by Crippen LogP contribution is -2.00. The average Bonchev–Trinajstić information content (AvgIpc) is 2.34. The highest BCUT2D eigenvalue weighted by Gasteiger charge is 2.06. The summed E-state index contributed by atoms with van der Waals surface area (Å²) in [6.45, 7) is 0.0988. The van der Waals surface area contributed by atoms with Gasteiger partial charge in [-0.2, -0.15) is 0 Å². The van der Waals surface area contributed by atoms with Gasteiger partial charge in [-0.05, 0) is 24.5 Å². The number of aliphatic hydroxyl groups is 1. The molecule has 5 nitrogen and oxygen atoms in total. The second kappa shape index (κ2) is 7.30. The Kier molecular flexibility index (Phi) is 5.68. The fourth-order valence-corrected chi connectivity index (χ4v) is 1.29. The van der Waals surface area contributed by atoms with Crippen molar-refractivity contribution < 1.29 is 20.1 Å². The lowest BCUT2D eigenvalue weighted by Gasteiger charge is -2.02. The maximum atomic E-state index is 10.5. The number of aliphatic hydroxyl groups excluding tert-OH is 1. The predicted octanol–water partition coefficient (Wildman–Crippen LogP) is 0.928. The number of unbranched alkanes of at least 4 members (excludes halogenated alkanes) is 1. The van der Waals surface area contributed by atoms with Crippen molar-refractivity contribution in [2.75, 3.05) is 6.61 Å². The zero-order valence-electron chi connectivity index (χ0n) is 9.89. The van der Waals surface area contributed by atoms with Crippen LogP contribution < -0.4 is 0 Å². The number of carboxylic acid groups (broad SMARTS) is 1. The molecule has 0 saturated carbocycles. The Morgan fingerprint density at radius 1 is 1.39 bits per heavy atom. The van der Waals surface area contributed by atoms with Crippen LogP contribution in [-0.2, 0) is 11.2 Å². The van der Waals surface area contributed by atoms with Crippen molar-refractivity contribution >= 4 is 5.97 Å². The van der Waals surface area contributed by atoms with Crippen molar-refractivity contribution in [3.8, 4) is 17.6 Å². The van der Waals surface area contributed by atoms with Gasteiger partial charge in [-0.1, -0.05) is 5.92 Å². The van der Waals surface area contributed by atoms with Gasteiger partial charge < -0.3 is 15.3 Å². The molecule has 0 aromatic carbocycles. The lowest BCUT2D eigenvalue weighted by atomic mass is 10.2. The first-order valence-corrected chi connectivity index (χ1v) is 5.64. The number of carbonyl (C=O) groups is 1. The quantitative estimate of drug-likeness (QED) is 0.533. The Hall–Kier alpha value is -2.06. The molecular weight excluding hydrogens is 234 g/mol. The molecule has 18 heavy (non-hydrogen) atoms. The molecule has 1 rings (SSSR count). The summed E-state index contributed by atoms with van der Waals surface area (Å²) in [4.78, 5) is 14.5. The van der Waals surface area contributed by atoms with Crippen LogP contribution in [0.4, 0.5) is 0 Å². The van der Waals surface area contributed by atoms with E-state index in [1.807, 2.05) is 0 Å². The number of aryl methyl sites for hydroxylation is 1. The minimum atomic E-state index is -0.935. The van der Waals surface area contributed by atoms with Gasteiger partial charge in [0.2, 0.25) is 0 Å². The molecule has 0 radical (unpaired) electrons. The minimum Gasteiger partial charge on any atom is -0.506 e. The minimum absolute atomic E-state index is 0.0165. The number of aromatic nitrogens is 1. The molecule has 0 amide bonds. The van der Waals surface area contributed by atoms with E-state index in [0.717, 1.165) is 0 Å². The van der Waals surface area contributed by atoms with E-state index in [1.165, 1.54) is 6.07 Å². The third-order valence-corrected chi connectivity index (χ3v) is 2.20. The van der Waals surface area contributed by atoms with Gasteiger partial charge in [-0.15, -0.1) is 0 Å². The highest BCUT2D eigenvalue weighted by atomic mass is 16.4. The van der Waals surface area contributed by atoms with E-state index in [2.05, 4.69) is 16.8 Å². The van der Waals surface area contributed by atoms with Crippen molar-refractivity contribution in [3.63, 3.8) is 0 Å². The van der Waals surface area contributed by atoms with Gasteiger partial charge >= 0.3 is 5.97 Å². The summed E-state index contributed by atoms with van der Waals surface area (Å²) in [7, 11) is 0. The van der Waals surface area contributed by atoms with Crippen LogP contribution in [0.25, 0.3) is 0 Å². The van der Waals surface area contributed by atoms with Crippen LogP contribution >= 0.6 is 0 Å². The van der Waals surface area contributed by atoms with Crippen molar-refractivity contribution in [1.82, 2.24) is 4.98 Å². The largest absolute Gasteiger partial charge is 0.506 e. The van der Waals surface area contributed by atoms with Crippen LogP contribution in [0.3, 0.4) is 0 Å². The van der Waals surface area contributed by atoms with Crippen LogP contribution in [0, 0.1) is 11.8 Å². The summed E-state index contributed by atoms with van der Waals surface area (Å²) in [5.74, 6) is 4.70. The van der Waals surface area contributed by atoms with Gasteiger partial charge in [0, 0.05) is 19.4 Å². The predicted molar refractivity (Wildman–Crippen MR) is 65.1 cm³/mol. The summed E-state index contributed by atoms with van der Waals surface area (Å²) < 4.78 is 0. The highest BCUT2D eigenvalue weighted by Crippen LogP contribution is 2.16. The number of aromatic hydroxyl groups is 1. The fourth-order valence-electron chi connectivity index (χ4n) is 1.29. The first kappa shape index (κ1) is 14.0. The summed E-state index contributed by atoms with van der Waals surface area (Å²) >= 11 is 0. The normalized spacial score (nSPS) is 9.61. The second-order valence-electron chi connectivity index (χ2n) is 3.68. The summed E-state index contributed by atoms with van der Waals surface area (Å²) in [5, 5.41) is 26.7. The van der Waals surface area contributed by atoms with Crippen LogP contribution in [0.2, 0.25) is 0 Å². The van der Waals surface area contributed by atoms with Gasteiger partial charge in [0.15, 0.2) is 0 Å². The molecule has 0 atom stereocenters. The molecule has 0 fully saturated rings. The molecule has 0 saturated heterocycles. The van der Waals surface area contributed by atoms with Crippen LogP contribution in [0.1, 0.15) is 30.7 Å². The molecule has 5 heteroatoms.